The second-order valence-electron chi connectivity index (χ2n) is 2.62. The molecule has 0 atom stereocenters. The molecule has 0 radical (unpaired) electrons. The monoisotopic (exact) mass is 182 g/mol. The number of hydrogen-bond donors (Lipinski definition) is 0. The van der Waals surface area contributed by atoms with E-state index in [-0.39, 0.29) is 6.54 Å². The topological polar surface area (TPSA) is 63.4 Å². The lowest BCUT2D eigenvalue weighted by molar-refractivity contribution is -0.130. The molecule has 5 nitrogen and oxygen atoms in total. The fraction of sp³-hybridized carbons (Fsp3) is 0.375. The van der Waals surface area contributed by atoms with Gasteiger partial charge in [-0.25, -0.2) is 4.98 Å². The Kier molecular flexibility index (Phi) is 2.79. The molecule has 1 aromatic rings. The Hall–Kier alpha value is -1.65. The highest BCUT2D eigenvalue weighted by molar-refractivity contribution is 5.68. The maximum atomic E-state index is 10.3. The van der Waals surface area contributed by atoms with E-state index in [4.69, 9.17) is 4.42 Å². The van der Waals surface area contributed by atoms with Crippen molar-refractivity contribution < 1.29 is 14.0 Å². The Morgan fingerprint density at radius 3 is 2.38 bits per heavy atom. The van der Waals surface area contributed by atoms with Gasteiger partial charge in [-0.1, -0.05) is 0 Å². The van der Waals surface area contributed by atoms with Crippen LogP contribution in [-0.2, 0) is 16.1 Å². The van der Waals surface area contributed by atoms with Crippen LogP contribution in [0.5, 0.6) is 0 Å². The number of oxazole rings is 1. The van der Waals surface area contributed by atoms with Crippen molar-refractivity contribution in [3.63, 3.8) is 0 Å². The zero-order chi connectivity index (χ0) is 9.84. The SMILES string of the molecule is Cc1nc(C)c(CN(C=O)C=O)o1. The molecule has 0 aromatic carbocycles. The van der Waals surface area contributed by atoms with Gasteiger partial charge in [0.25, 0.3) is 0 Å². The molecule has 0 spiro atoms. The van der Waals surface area contributed by atoms with Gasteiger partial charge < -0.3 is 4.42 Å². The molecule has 2 amide bonds. The van der Waals surface area contributed by atoms with E-state index < -0.39 is 0 Å². The van der Waals surface area contributed by atoms with Crippen LogP contribution >= 0.6 is 0 Å². The van der Waals surface area contributed by atoms with Gasteiger partial charge in [-0.05, 0) is 6.92 Å². The molecule has 0 saturated heterocycles. The van der Waals surface area contributed by atoms with E-state index in [1.165, 1.54) is 0 Å². The van der Waals surface area contributed by atoms with Gasteiger partial charge in [-0.3, -0.25) is 14.5 Å². The van der Waals surface area contributed by atoms with Crippen molar-refractivity contribution in [3.05, 3.63) is 17.3 Å². The minimum atomic E-state index is 0.139. The van der Waals surface area contributed by atoms with Crippen LogP contribution in [0.3, 0.4) is 0 Å². The molecule has 13 heavy (non-hydrogen) atoms. The molecular formula is C8H10N2O3. The van der Waals surface area contributed by atoms with Crippen LogP contribution < -0.4 is 0 Å². The summed E-state index contributed by atoms with van der Waals surface area (Å²) in [6.45, 7) is 3.61. The fourth-order valence-electron chi connectivity index (χ4n) is 0.985. The molecule has 1 aromatic heterocycles. The molecule has 0 N–H and O–H groups in total. The van der Waals surface area contributed by atoms with Crippen LogP contribution in [0.4, 0.5) is 0 Å². The number of rotatable bonds is 4. The van der Waals surface area contributed by atoms with E-state index >= 15 is 0 Å². The van der Waals surface area contributed by atoms with E-state index in [0.29, 0.717) is 30.2 Å². The van der Waals surface area contributed by atoms with E-state index in [1.54, 1.807) is 13.8 Å². The van der Waals surface area contributed by atoms with E-state index in [2.05, 4.69) is 4.98 Å². The molecule has 5 heteroatoms. The third-order valence-corrected chi connectivity index (χ3v) is 1.60. The largest absolute Gasteiger partial charge is 0.444 e. The van der Waals surface area contributed by atoms with Gasteiger partial charge >= 0.3 is 0 Å². The number of aromatic nitrogens is 1. The van der Waals surface area contributed by atoms with Crippen LogP contribution in [0.2, 0.25) is 0 Å². The lowest BCUT2D eigenvalue weighted by atomic mass is 10.3. The number of carbonyl (C=O) groups is 2. The maximum Gasteiger partial charge on any atom is 0.216 e. The molecular weight excluding hydrogens is 172 g/mol. The quantitative estimate of drug-likeness (QED) is 0.632. The summed E-state index contributed by atoms with van der Waals surface area (Å²) >= 11 is 0. The average molecular weight is 182 g/mol. The van der Waals surface area contributed by atoms with Gasteiger partial charge in [0.15, 0.2) is 5.89 Å². The van der Waals surface area contributed by atoms with Crippen LogP contribution in [0.15, 0.2) is 4.42 Å². The van der Waals surface area contributed by atoms with Gasteiger partial charge in [-0.15, -0.1) is 0 Å². The first-order valence-electron chi connectivity index (χ1n) is 3.76. The third kappa shape index (κ3) is 2.14. The summed E-state index contributed by atoms with van der Waals surface area (Å²) < 4.78 is 5.18. The van der Waals surface area contributed by atoms with E-state index in [0.717, 1.165) is 4.90 Å². The second-order valence-corrected chi connectivity index (χ2v) is 2.62. The van der Waals surface area contributed by atoms with Crippen LogP contribution in [-0.4, -0.2) is 22.7 Å². The van der Waals surface area contributed by atoms with Crippen molar-refractivity contribution >= 4 is 12.8 Å². The lowest BCUT2D eigenvalue weighted by Crippen LogP contribution is -2.18. The van der Waals surface area contributed by atoms with Crippen molar-refractivity contribution in [1.82, 2.24) is 9.88 Å². The molecule has 0 aliphatic heterocycles. The molecule has 0 saturated carbocycles. The number of nitrogens with zero attached hydrogens (tertiary/aromatic N) is 2. The zero-order valence-corrected chi connectivity index (χ0v) is 7.48. The van der Waals surface area contributed by atoms with Crippen molar-refractivity contribution in [2.75, 3.05) is 0 Å². The van der Waals surface area contributed by atoms with Crippen molar-refractivity contribution in [1.29, 1.82) is 0 Å². The van der Waals surface area contributed by atoms with Gasteiger partial charge in [-0.2, -0.15) is 0 Å². The maximum absolute atomic E-state index is 10.3. The highest BCUT2D eigenvalue weighted by Gasteiger charge is 2.09. The lowest BCUT2D eigenvalue weighted by Gasteiger charge is -2.05. The summed E-state index contributed by atoms with van der Waals surface area (Å²) in [6.07, 6.45) is 0.897. The van der Waals surface area contributed by atoms with Gasteiger partial charge in [0.1, 0.15) is 5.76 Å². The summed E-state index contributed by atoms with van der Waals surface area (Å²) in [5, 5.41) is 0. The Balaban J connectivity index is 2.78. The van der Waals surface area contributed by atoms with Crippen LogP contribution in [0.25, 0.3) is 0 Å². The van der Waals surface area contributed by atoms with Gasteiger partial charge in [0.2, 0.25) is 12.8 Å². The highest BCUT2D eigenvalue weighted by atomic mass is 16.4. The smallest absolute Gasteiger partial charge is 0.216 e. The Labute approximate surface area is 75.4 Å². The normalized spacial score (nSPS) is 9.69. The molecule has 0 aliphatic carbocycles. The first-order chi connectivity index (χ1) is 6.17. The third-order valence-electron chi connectivity index (χ3n) is 1.60. The fourth-order valence-corrected chi connectivity index (χ4v) is 0.985. The predicted molar refractivity (Wildman–Crippen MR) is 43.6 cm³/mol. The van der Waals surface area contributed by atoms with Crippen molar-refractivity contribution in [3.8, 4) is 0 Å². The first kappa shape index (κ1) is 9.44. The van der Waals surface area contributed by atoms with Crippen molar-refractivity contribution in [2.45, 2.75) is 20.4 Å². The van der Waals surface area contributed by atoms with Gasteiger partial charge in [0.05, 0.1) is 12.2 Å². The molecule has 0 aliphatic rings. The minimum absolute atomic E-state index is 0.139. The molecule has 0 bridgehead atoms. The Morgan fingerprint density at radius 2 is 2.00 bits per heavy atom. The summed E-state index contributed by atoms with van der Waals surface area (Å²) in [5.41, 5.74) is 0.700. The van der Waals surface area contributed by atoms with Crippen molar-refractivity contribution in [2.24, 2.45) is 0 Å². The number of hydrogen-bond acceptors (Lipinski definition) is 4. The minimum Gasteiger partial charge on any atom is -0.444 e. The number of carbonyl (C=O) groups excluding carboxylic acids is 2. The summed E-state index contributed by atoms with van der Waals surface area (Å²) in [5.74, 6) is 1.07. The van der Waals surface area contributed by atoms with E-state index in [9.17, 15) is 9.59 Å². The first-order valence-corrected chi connectivity index (χ1v) is 3.76. The van der Waals surface area contributed by atoms with Crippen LogP contribution in [0, 0.1) is 13.8 Å². The average Bonchev–Trinajstić information content (AvgIpc) is 2.41. The summed E-state index contributed by atoms with van der Waals surface area (Å²) in [4.78, 5) is 25.5. The van der Waals surface area contributed by atoms with Gasteiger partial charge in [0, 0.05) is 6.92 Å². The number of imide groups is 1. The molecule has 0 unspecified atom stereocenters. The second kappa shape index (κ2) is 3.84. The number of aryl methyl sites for hydroxylation is 2. The molecule has 70 valence electrons. The molecule has 1 heterocycles. The molecule has 1 rings (SSSR count). The highest BCUT2D eigenvalue weighted by Crippen LogP contribution is 2.10. The van der Waals surface area contributed by atoms with E-state index in [1.807, 2.05) is 0 Å². The Morgan fingerprint density at radius 1 is 1.38 bits per heavy atom. The summed E-state index contributed by atoms with van der Waals surface area (Å²) in [6, 6.07) is 0. The standard InChI is InChI=1S/C8H10N2O3/c1-6-8(13-7(2)9-6)3-10(4-11)5-12/h4-5H,3H2,1-2H3. The Bertz CT molecular complexity index is 311. The number of amides is 2. The van der Waals surface area contributed by atoms with Crippen LogP contribution in [0.1, 0.15) is 17.3 Å². The predicted octanol–water partition coefficient (Wildman–Crippen LogP) is 0.406. The summed E-state index contributed by atoms with van der Waals surface area (Å²) in [7, 11) is 0. The molecule has 0 fully saturated rings. The zero-order valence-electron chi connectivity index (χ0n) is 7.48.